The molecule has 0 radical (unpaired) electrons. The first-order valence-electron chi connectivity index (χ1n) is 5.20. The van der Waals surface area contributed by atoms with E-state index in [1.54, 1.807) is 16.2 Å². The van der Waals surface area contributed by atoms with Gasteiger partial charge in [-0.15, -0.1) is 11.3 Å². The molecule has 1 atom stereocenters. The lowest BCUT2D eigenvalue weighted by Crippen LogP contribution is -2.29. The van der Waals surface area contributed by atoms with E-state index in [9.17, 15) is 4.79 Å². The van der Waals surface area contributed by atoms with Crippen molar-refractivity contribution >= 4 is 33.2 Å². The number of carbonyl (C=O) groups excluding carboxylic acids is 1. The maximum Gasteiger partial charge on any atom is 0.222 e. The molecular weight excluding hydrogens is 288 g/mol. The molecule has 3 nitrogen and oxygen atoms in total. The highest BCUT2D eigenvalue weighted by molar-refractivity contribution is 9.11. The minimum absolute atomic E-state index is 0.153. The molecule has 1 rings (SSSR count). The molecule has 0 saturated carbocycles. The highest BCUT2D eigenvalue weighted by Crippen LogP contribution is 2.21. The highest BCUT2D eigenvalue weighted by atomic mass is 79.9. The second-order valence-corrected chi connectivity index (χ2v) is 6.34. The minimum atomic E-state index is 0.153. The van der Waals surface area contributed by atoms with E-state index < -0.39 is 0 Å². The van der Waals surface area contributed by atoms with E-state index in [1.165, 1.54) is 0 Å². The zero-order valence-electron chi connectivity index (χ0n) is 9.57. The van der Waals surface area contributed by atoms with Crippen molar-refractivity contribution in [1.29, 1.82) is 0 Å². The average Bonchev–Trinajstić information content (AvgIpc) is 2.63. The summed E-state index contributed by atoms with van der Waals surface area (Å²) in [6.07, 6.45) is 0.526. The van der Waals surface area contributed by atoms with Crippen LogP contribution in [0, 0.1) is 5.92 Å². The van der Waals surface area contributed by atoms with Crippen LogP contribution in [0.4, 0.5) is 0 Å². The topological polar surface area (TPSA) is 46.3 Å². The summed E-state index contributed by atoms with van der Waals surface area (Å²) in [6, 6.07) is 2.04. The fraction of sp³-hybridized carbons (Fsp3) is 0.545. The summed E-state index contributed by atoms with van der Waals surface area (Å²) in [4.78, 5) is 13.5. The Morgan fingerprint density at radius 2 is 2.38 bits per heavy atom. The zero-order valence-corrected chi connectivity index (χ0v) is 12.0. The lowest BCUT2D eigenvalue weighted by molar-refractivity contribution is -0.131. The number of nitrogens with two attached hydrogens (primary N) is 1. The van der Waals surface area contributed by atoms with Gasteiger partial charge >= 0.3 is 0 Å². The molecule has 5 heteroatoms. The monoisotopic (exact) mass is 304 g/mol. The molecule has 0 bridgehead atoms. The van der Waals surface area contributed by atoms with Gasteiger partial charge in [-0.25, -0.2) is 0 Å². The summed E-state index contributed by atoms with van der Waals surface area (Å²) in [7, 11) is 1.83. The highest BCUT2D eigenvalue weighted by Gasteiger charge is 2.13. The van der Waals surface area contributed by atoms with E-state index in [0.717, 1.165) is 9.35 Å². The third-order valence-electron chi connectivity index (χ3n) is 2.39. The van der Waals surface area contributed by atoms with Crippen molar-refractivity contribution in [2.75, 3.05) is 13.6 Å². The zero-order chi connectivity index (χ0) is 12.1. The van der Waals surface area contributed by atoms with Gasteiger partial charge in [0, 0.05) is 20.0 Å². The van der Waals surface area contributed by atoms with Gasteiger partial charge in [0.15, 0.2) is 0 Å². The van der Waals surface area contributed by atoms with Gasteiger partial charge in [0.2, 0.25) is 5.91 Å². The van der Waals surface area contributed by atoms with E-state index in [2.05, 4.69) is 21.3 Å². The predicted molar refractivity (Wildman–Crippen MR) is 71.3 cm³/mol. The molecule has 1 unspecified atom stereocenters. The Balaban J connectivity index is 2.45. The first kappa shape index (κ1) is 13.7. The molecule has 16 heavy (non-hydrogen) atoms. The van der Waals surface area contributed by atoms with Crippen molar-refractivity contribution in [2.45, 2.75) is 19.9 Å². The minimum Gasteiger partial charge on any atom is -0.341 e. The number of rotatable bonds is 5. The van der Waals surface area contributed by atoms with Crippen LogP contribution >= 0.6 is 27.3 Å². The standard InChI is InChI=1S/C11H17BrN2OS/c1-8(5-13)3-11(15)14(2)6-9-4-10(12)16-7-9/h4,7-8H,3,5-6,13H2,1-2H3. The van der Waals surface area contributed by atoms with Gasteiger partial charge in [-0.2, -0.15) is 0 Å². The molecule has 0 aromatic carbocycles. The van der Waals surface area contributed by atoms with Gasteiger partial charge in [0.05, 0.1) is 3.79 Å². The molecule has 0 saturated heterocycles. The Morgan fingerprint density at radius 3 is 2.88 bits per heavy atom. The quantitative estimate of drug-likeness (QED) is 0.908. The van der Waals surface area contributed by atoms with Crippen molar-refractivity contribution in [3.8, 4) is 0 Å². The van der Waals surface area contributed by atoms with Gasteiger partial charge < -0.3 is 10.6 Å². The summed E-state index contributed by atoms with van der Waals surface area (Å²) in [6.45, 7) is 3.22. The molecule has 2 N–H and O–H groups in total. The largest absolute Gasteiger partial charge is 0.341 e. The molecule has 1 heterocycles. The fourth-order valence-electron chi connectivity index (χ4n) is 1.33. The molecular formula is C11H17BrN2OS. The van der Waals surface area contributed by atoms with E-state index >= 15 is 0 Å². The SMILES string of the molecule is CC(CN)CC(=O)N(C)Cc1csc(Br)c1. The molecule has 0 spiro atoms. The normalized spacial score (nSPS) is 12.5. The first-order valence-corrected chi connectivity index (χ1v) is 6.87. The van der Waals surface area contributed by atoms with Gasteiger partial charge in [-0.1, -0.05) is 6.92 Å². The summed E-state index contributed by atoms with van der Waals surface area (Å²) < 4.78 is 1.10. The van der Waals surface area contributed by atoms with E-state index in [4.69, 9.17) is 5.73 Å². The van der Waals surface area contributed by atoms with Crippen LogP contribution in [0.1, 0.15) is 18.9 Å². The molecule has 0 fully saturated rings. The summed E-state index contributed by atoms with van der Waals surface area (Å²) in [5.41, 5.74) is 6.66. The van der Waals surface area contributed by atoms with E-state index in [1.807, 2.05) is 20.0 Å². The number of thiophene rings is 1. The Morgan fingerprint density at radius 1 is 1.69 bits per heavy atom. The number of carbonyl (C=O) groups is 1. The second kappa shape index (κ2) is 6.37. The summed E-state index contributed by atoms with van der Waals surface area (Å²) >= 11 is 5.04. The van der Waals surface area contributed by atoms with Crippen molar-refractivity contribution in [2.24, 2.45) is 11.7 Å². The van der Waals surface area contributed by atoms with Crippen molar-refractivity contribution in [1.82, 2.24) is 4.90 Å². The number of nitrogens with zero attached hydrogens (tertiary/aromatic N) is 1. The fourth-order valence-corrected chi connectivity index (χ4v) is 2.53. The third-order valence-corrected chi connectivity index (χ3v) is 3.95. The van der Waals surface area contributed by atoms with Crippen LogP contribution in [-0.2, 0) is 11.3 Å². The van der Waals surface area contributed by atoms with Crippen LogP contribution in [0.3, 0.4) is 0 Å². The molecule has 1 aromatic rings. The molecule has 90 valence electrons. The maximum atomic E-state index is 11.8. The molecule has 1 amide bonds. The Hall–Kier alpha value is -0.390. The van der Waals surface area contributed by atoms with E-state index in [-0.39, 0.29) is 11.8 Å². The Labute approximate surface area is 109 Å². The number of hydrogen-bond acceptors (Lipinski definition) is 3. The van der Waals surface area contributed by atoms with Crippen LogP contribution in [0.15, 0.2) is 15.2 Å². The van der Waals surface area contributed by atoms with Gasteiger partial charge in [0.25, 0.3) is 0 Å². The van der Waals surface area contributed by atoms with Crippen molar-refractivity contribution in [3.63, 3.8) is 0 Å². The van der Waals surface area contributed by atoms with Crippen LogP contribution in [0.25, 0.3) is 0 Å². The van der Waals surface area contributed by atoms with Crippen molar-refractivity contribution in [3.05, 3.63) is 20.8 Å². The van der Waals surface area contributed by atoms with Crippen LogP contribution in [0.2, 0.25) is 0 Å². The molecule has 1 aromatic heterocycles. The Kier molecular flexibility index (Phi) is 5.44. The maximum absolute atomic E-state index is 11.8. The number of halogens is 1. The summed E-state index contributed by atoms with van der Waals surface area (Å²) in [5.74, 6) is 0.407. The molecule has 0 aliphatic heterocycles. The first-order chi connectivity index (χ1) is 7.52. The third kappa shape index (κ3) is 4.23. The molecule has 0 aliphatic rings. The van der Waals surface area contributed by atoms with Crippen LogP contribution < -0.4 is 5.73 Å². The van der Waals surface area contributed by atoms with Gasteiger partial charge in [-0.05, 0) is 45.4 Å². The van der Waals surface area contributed by atoms with E-state index in [0.29, 0.717) is 19.5 Å². The van der Waals surface area contributed by atoms with Crippen LogP contribution in [0.5, 0.6) is 0 Å². The average molecular weight is 305 g/mol. The molecule has 0 aliphatic carbocycles. The van der Waals surface area contributed by atoms with Gasteiger partial charge in [0.1, 0.15) is 0 Å². The predicted octanol–water partition coefficient (Wildman–Crippen LogP) is 2.45. The summed E-state index contributed by atoms with van der Waals surface area (Å²) in [5, 5.41) is 2.06. The van der Waals surface area contributed by atoms with Crippen molar-refractivity contribution < 1.29 is 4.79 Å². The number of hydrogen-bond donors (Lipinski definition) is 1. The number of amides is 1. The lowest BCUT2D eigenvalue weighted by Gasteiger charge is -2.18. The smallest absolute Gasteiger partial charge is 0.222 e. The Bertz CT molecular complexity index is 354. The van der Waals surface area contributed by atoms with Crippen LogP contribution in [-0.4, -0.2) is 24.4 Å². The second-order valence-electron chi connectivity index (χ2n) is 4.05. The lowest BCUT2D eigenvalue weighted by atomic mass is 10.1. The van der Waals surface area contributed by atoms with Gasteiger partial charge in [-0.3, -0.25) is 4.79 Å².